The van der Waals surface area contributed by atoms with E-state index in [1.54, 1.807) is 4.90 Å². The predicted octanol–water partition coefficient (Wildman–Crippen LogP) is 1.32. The van der Waals surface area contributed by atoms with E-state index in [2.05, 4.69) is 17.0 Å². The molecule has 25 heavy (non-hydrogen) atoms. The topological polar surface area (TPSA) is 82.5 Å². The fourth-order valence-corrected chi connectivity index (χ4v) is 3.04. The first kappa shape index (κ1) is 17.3. The molecule has 0 spiro atoms. The van der Waals surface area contributed by atoms with Gasteiger partial charge in [0.1, 0.15) is 12.7 Å². The fourth-order valence-electron chi connectivity index (χ4n) is 3.04. The molecule has 2 heterocycles. The van der Waals surface area contributed by atoms with Crippen molar-refractivity contribution < 1.29 is 24.2 Å². The van der Waals surface area contributed by atoms with Gasteiger partial charge in [-0.25, -0.2) is 9.59 Å². The van der Waals surface area contributed by atoms with Gasteiger partial charge in [-0.3, -0.25) is 0 Å². The molecule has 1 atom stereocenters. The molecule has 2 aliphatic rings. The number of carbonyl (C=O) groups is 2. The van der Waals surface area contributed by atoms with Crippen LogP contribution in [0.2, 0.25) is 0 Å². The van der Waals surface area contributed by atoms with Crippen molar-refractivity contribution in [2.75, 3.05) is 57.4 Å². The highest BCUT2D eigenvalue weighted by molar-refractivity contribution is 5.68. The normalized spacial score (nSPS) is 21.1. The molecule has 0 bridgehead atoms. The van der Waals surface area contributed by atoms with Crippen molar-refractivity contribution in [2.45, 2.75) is 6.10 Å². The van der Waals surface area contributed by atoms with Gasteiger partial charge < -0.3 is 29.3 Å². The Labute approximate surface area is 146 Å². The smallest absolute Gasteiger partial charge is 0.409 e. The van der Waals surface area contributed by atoms with Crippen LogP contribution in [0.15, 0.2) is 30.3 Å². The molecule has 0 radical (unpaired) electrons. The van der Waals surface area contributed by atoms with Crippen LogP contribution in [0.5, 0.6) is 0 Å². The van der Waals surface area contributed by atoms with Crippen molar-refractivity contribution >= 4 is 17.9 Å². The maximum atomic E-state index is 12.2. The number of carboxylic acid groups (broad SMARTS) is 1. The zero-order valence-electron chi connectivity index (χ0n) is 14.0. The van der Waals surface area contributed by atoms with Gasteiger partial charge in [0.2, 0.25) is 0 Å². The number of hydrogen-bond donors (Lipinski definition) is 1. The second-order valence-electron chi connectivity index (χ2n) is 6.11. The summed E-state index contributed by atoms with van der Waals surface area (Å²) in [4.78, 5) is 28.4. The van der Waals surface area contributed by atoms with Gasteiger partial charge in [0.25, 0.3) is 0 Å². The minimum Gasteiger partial charge on any atom is -0.465 e. The third-order valence-electron chi connectivity index (χ3n) is 4.46. The molecular weight excluding hydrogens is 326 g/mol. The number of amides is 2. The lowest BCUT2D eigenvalue weighted by atomic mass is 10.2. The van der Waals surface area contributed by atoms with Gasteiger partial charge >= 0.3 is 12.2 Å². The monoisotopic (exact) mass is 349 g/mol. The highest BCUT2D eigenvalue weighted by atomic mass is 16.6. The third-order valence-corrected chi connectivity index (χ3v) is 4.46. The Bertz CT molecular complexity index is 589. The van der Waals surface area contributed by atoms with E-state index >= 15 is 0 Å². The minimum atomic E-state index is -0.975. The van der Waals surface area contributed by atoms with Gasteiger partial charge in [0.05, 0.1) is 13.2 Å². The maximum absolute atomic E-state index is 12.2. The van der Waals surface area contributed by atoms with Crippen molar-refractivity contribution in [2.24, 2.45) is 0 Å². The molecule has 8 nitrogen and oxygen atoms in total. The van der Waals surface area contributed by atoms with Gasteiger partial charge in [-0.05, 0) is 12.1 Å². The second kappa shape index (κ2) is 8.06. The largest absolute Gasteiger partial charge is 0.465 e. The van der Waals surface area contributed by atoms with Gasteiger partial charge in [-0.1, -0.05) is 18.2 Å². The number of benzene rings is 1. The summed E-state index contributed by atoms with van der Waals surface area (Å²) in [5, 5.41) is 9.01. The highest BCUT2D eigenvalue weighted by Gasteiger charge is 2.27. The fraction of sp³-hybridized carbons (Fsp3) is 0.529. The Morgan fingerprint density at radius 2 is 1.80 bits per heavy atom. The molecule has 136 valence electrons. The summed E-state index contributed by atoms with van der Waals surface area (Å²) in [6, 6.07) is 10.1. The van der Waals surface area contributed by atoms with Crippen LogP contribution in [0.25, 0.3) is 0 Å². The van der Waals surface area contributed by atoms with Crippen LogP contribution in [0, 0.1) is 0 Å². The molecule has 1 unspecified atom stereocenters. The molecule has 1 aromatic carbocycles. The number of rotatable bonds is 3. The van der Waals surface area contributed by atoms with Crippen molar-refractivity contribution in [1.82, 2.24) is 9.80 Å². The summed E-state index contributed by atoms with van der Waals surface area (Å²) >= 11 is 0. The van der Waals surface area contributed by atoms with Crippen LogP contribution in [-0.4, -0.2) is 85.7 Å². The number of morpholine rings is 1. The van der Waals surface area contributed by atoms with Crippen LogP contribution < -0.4 is 4.90 Å². The predicted molar refractivity (Wildman–Crippen MR) is 90.9 cm³/mol. The minimum absolute atomic E-state index is 0.0709. The molecule has 2 fully saturated rings. The van der Waals surface area contributed by atoms with Gasteiger partial charge in [0, 0.05) is 38.4 Å². The van der Waals surface area contributed by atoms with Crippen molar-refractivity contribution in [3.63, 3.8) is 0 Å². The standard InChI is InChI=1S/C17H23N3O5/c21-16(22)20-10-11-24-15(12-20)13-25-17(23)19-8-6-18(7-9-19)14-4-2-1-3-5-14/h1-5,15H,6-13H2,(H,21,22). The molecule has 1 N–H and O–H groups in total. The Balaban J connectivity index is 1.41. The first-order valence-corrected chi connectivity index (χ1v) is 8.44. The van der Waals surface area contributed by atoms with E-state index in [4.69, 9.17) is 14.6 Å². The summed E-state index contributed by atoms with van der Waals surface area (Å²) in [7, 11) is 0. The molecule has 2 aliphatic heterocycles. The molecular formula is C17H23N3O5. The van der Waals surface area contributed by atoms with E-state index in [1.807, 2.05) is 18.2 Å². The number of nitrogens with zero attached hydrogens (tertiary/aromatic N) is 3. The molecule has 0 aliphatic carbocycles. The number of carbonyl (C=O) groups excluding carboxylic acids is 1. The van der Waals surface area contributed by atoms with Crippen LogP contribution in [0.4, 0.5) is 15.3 Å². The molecule has 0 saturated carbocycles. The number of hydrogen-bond acceptors (Lipinski definition) is 5. The van der Waals surface area contributed by atoms with E-state index in [0.29, 0.717) is 26.2 Å². The molecule has 1 aromatic rings. The quantitative estimate of drug-likeness (QED) is 0.886. The Morgan fingerprint density at radius 3 is 2.48 bits per heavy atom. The van der Waals surface area contributed by atoms with Gasteiger partial charge in [-0.15, -0.1) is 0 Å². The molecule has 0 aromatic heterocycles. The van der Waals surface area contributed by atoms with Crippen molar-refractivity contribution in [3.05, 3.63) is 30.3 Å². The molecule has 2 saturated heterocycles. The van der Waals surface area contributed by atoms with Gasteiger partial charge in [-0.2, -0.15) is 0 Å². The van der Waals surface area contributed by atoms with Crippen LogP contribution in [0.1, 0.15) is 0 Å². The van der Waals surface area contributed by atoms with Crippen LogP contribution in [0.3, 0.4) is 0 Å². The highest BCUT2D eigenvalue weighted by Crippen LogP contribution is 2.16. The lowest BCUT2D eigenvalue weighted by Gasteiger charge is -2.36. The average molecular weight is 349 g/mol. The van der Waals surface area contributed by atoms with Crippen LogP contribution in [-0.2, 0) is 9.47 Å². The molecule has 2 amide bonds. The first-order valence-electron chi connectivity index (χ1n) is 8.44. The first-order chi connectivity index (χ1) is 12.1. The maximum Gasteiger partial charge on any atom is 0.409 e. The summed E-state index contributed by atoms with van der Waals surface area (Å²) in [5.41, 5.74) is 1.15. The van der Waals surface area contributed by atoms with E-state index in [1.165, 1.54) is 4.90 Å². The average Bonchev–Trinajstić information content (AvgIpc) is 2.67. The number of ether oxygens (including phenoxy) is 2. The summed E-state index contributed by atoms with van der Waals surface area (Å²) in [6.45, 7) is 3.68. The summed E-state index contributed by atoms with van der Waals surface area (Å²) in [5.74, 6) is 0. The zero-order valence-corrected chi connectivity index (χ0v) is 14.0. The van der Waals surface area contributed by atoms with E-state index < -0.39 is 12.2 Å². The van der Waals surface area contributed by atoms with E-state index in [0.717, 1.165) is 18.8 Å². The number of piperazine rings is 1. The molecule has 3 rings (SSSR count). The Morgan fingerprint density at radius 1 is 1.08 bits per heavy atom. The van der Waals surface area contributed by atoms with E-state index in [-0.39, 0.29) is 19.2 Å². The van der Waals surface area contributed by atoms with E-state index in [9.17, 15) is 9.59 Å². The number of para-hydroxylation sites is 1. The van der Waals surface area contributed by atoms with Crippen molar-refractivity contribution in [3.8, 4) is 0 Å². The second-order valence-corrected chi connectivity index (χ2v) is 6.11. The molecule has 8 heteroatoms. The Kier molecular flexibility index (Phi) is 5.60. The lowest BCUT2D eigenvalue weighted by Crippen LogP contribution is -2.50. The summed E-state index contributed by atoms with van der Waals surface area (Å²) in [6.07, 6.45) is -1.75. The van der Waals surface area contributed by atoms with Gasteiger partial charge in [0.15, 0.2) is 0 Å². The number of anilines is 1. The van der Waals surface area contributed by atoms with Crippen LogP contribution >= 0.6 is 0 Å². The zero-order chi connectivity index (χ0) is 17.6. The lowest BCUT2D eigenvalue weighted by molar-refractivity contribution is -0.0525. The summed E-state index contributed by atoms with van der Waals surface area (Å²) < 4.78 is 10.8. The third kappa shape index (κ3) is 4.54. The van der Waals surface area contributed by atoms with Crippen molar-refractivity contribution in [1.29, 1.82) is 0 Å². The Hall–Kier alpha value is -2.48. The SMILES string of the molecule is O=C(O)N1CCOC(COC(=O)N2CCN(c3ccccc3)CC2)C1.